The molecule has 2 atom stereocenters. The molecule has 1 aliphatic carbocycles. The summed E-state index contributed by atoms with van der Waals surface area (Å²) in [6, 6.07) is 10.5. The lowest BCUT2D eigenvalue weighted by Gasteiger charge is -2.37. The maximum Gasteiger partial charge on any atom is 0.0139 e. The highest BCUT2D eigenvalue weighted by molar-refractivity contribution is 5.30. The maximum atomic E-state index is 3.68. The molecular weight excluding hydrogens is 244 g/mol. The van der Waals surface area contributed by atoms with Gasteiger partial charge in [-0.3, -0.25) is 4.90 Å². The van der Waals surface area contributed by atoms with Crippen LogP contribution in [0.25, 0.3) is 0 Å². The summed E-state index contributed by atoms with van der Waals surface area (Å²) in [6.45, 7) is 6.05. The van der Waals surface area contributed by atoms with Crippen LogP contribution in [0.3, 0.4) is 0 Å². The van der Waals surface area contributed by atoms with Gasteiger partial charge < -0.3 is 5.32 Å². The van der Waals surface area contributed by atoms with Crippen LogP contribution in [-0.2, 0) is 12.8 Å². The standard InChI is InChI=1S/C18H28N2/c1-2-17-10-13-20(12-5-11-19-17)18-9-8-15-6-3-4-7-16(15)14-18/h3-4,6-7,17-19H,2,5,8-14H2,1H3. The Hall–Kier alpha value is -0.860. The number of hydrogen-bond donors (Lipinski definition) is 1. The Kier molecular flexibility index (Phi) is 4.74. The highest BCUT2D eigenvalue weighted by Gasteiger charge is 2.25. The number of nitrogens with one attached hydrogen (secondary N) is 1. The number of hydrogen-bond acceptors (Lipinski definition) is 2. The van der Waals surface area contributed by atoms with E-state index in [4.69, 9.17) is 0 Å². The van der Waals surface area contributed by atoms with E-state index < -0.39 is 0 Å². The first-order chi connectivity index (χ1) is 9.86. The van der Waals surface area contributed by atoms with Gasteiger partial charge >= 0.3 is 0 Å². The van der Waals surface area contributed by atoms with E-state index in [9.17, 15) is 0 Å². The topological polar surface area (TPSA) is 15.3 Å². The predicted molar refractivity (Wildman–Crippen MR) is 85.1 cm³/mol. The van der Waals surface area contributed by atoms with Gasteiger partial charge in [0.15, 0.2) is 0 Å². The number of nitrogens with zero attached hydrogens (tertiary/aromatic N) is 1. The Bertz CT molecular complexity index is 429. The van der Waals surface area contributed by atoms with Gasteiger partial charge in [0.2, 0.25) is 0 Å². The molecule has 1 aromatic rings. The van der Waals surface area contributed by atoms with Crippen LogP contribution in [0.2, 0.25) is 0 Å². The zero-order chi connectivity index (χ0) is 13.8. The molecule has 3 rings (SSSR count). The van der Waals surface area contributed by atoms with Crippen molar-refractivity contribution in [1.29, 1.82) is 0 Å². The quantitative estimate of drug-likeness (QED) is 0.890. The Morgan fingerprint density at radius 2 is 2.00 bits per heavy atom. The van der Waals surface area contributed by atoms with E-state index in [1.54, 1.807) is 11.1 Å². The Morgan fingerprint density at radius 3 is 2.85 bits per heavy atom. The van der Waals surface area contributed by atoms with Gasteiger partial charge in [0, 0.05) is 12.1 Å². The fourth-order valence-electron chi connectivity index (χ4n) is 3.83. The first-order valence-corrected chi connectivity index (χ1v) is 8.41. The zero-order valence-electron chi connectivity index (χ0n) is 12.8. The average molecular weight is 272 g/mol. The summed E-state index contributed by atoms with van der Waals surface area (Å²) in [4.78, 5) is 2.78. The van der Waals surface area contributed by atoms with Gasteiger partial charge in [-0.15, -0.1) is 0 Å². The van der Waals surface area contributed by atoms with Gasteiger partial charge in [-0.1, -0.05) is 31.2 Å². The molecule has 1 fully saturated rings. The molecule has 1 saturated heterocycles. The van der Waals surface area contributed by atoms with Gasteiger partial charge in [0.25, 0.3) is 0 Å². The van der Waals surface area contributed by atoms with Crippen molar-refractivity contribution in [3.63, 3.8) is 0 Å². The molecule has 0 bridgehead atoms. The fourth-order valence-corrected chi connectivity index (χ4v) is 3.83. The minimum absolute atomic E-state index is 0.730. The van der Waals surface area contributed by atoms with E-state index >= 15 is 0 Å². The molecule has 0 spiro atoms. The van der Waals surface area contributed by atoms with Gasteiger partial charge in [0.05, 0.1) is 0 Å². The van der Waals surface area contributed by atoms with Crippen LogP contribution < -0.4 is 5.32 Å². The van der Waals surface area contributed by atoms with Crippen molar-refractivity contribution in [1.82, 2.24) is 10.2 Å². The second-order valence-electron chi connectivity index (χ2n) is 6.40. The molecule has 0 amide bonds. The van der Waals surface area contributed by atoms with E-state index in [1.807, 2.05) is 0 Å². The lowest BCUT2D eigenvalue weighted by molar-refractivity contribution is 0.157. The van der Waals surface area contributed by atoms with Crippen LogP contribution in [0.15, 0.2) is 24.3 Å². The van der Waals surface area contributed by atoms with Crippen molar-refractivity contribution < 1.29 is 0 Å². The smallest absolute Gasteiger partial charge is 0.0139 e. The van der Waals surface area contributed by atoms with Crippen LogP contribution >= 0.6 is 0 Å². The summed E-state index contributed by atoms with van der Waals surface area (Å²) >= 11 is 0. The van der Waals surface area contributed by atoms with Crippen molar-refractivity contribution in [3.8, 4) is 0 Å². The molecule has 1 aromatic carbocycles. The maximum absolute atomic E-state index is 3.68. The minimum Gasteiger partial charge on any atom is -0.314 e. The molecule has 2 aliphatic rings. The van der Waals surface area contributed by atoms with Gasteiger partial charge in [0.1, 0.15) is 0 Å². The van der Waals surface area contributed by atoms with E-state index in [0.29, 0.717) is 0 Å². The van der Waals surface area contributed by atoms with Crippen LogP contribution in [0, 0.1) is 0 Å². The molecular formula is C18H28N2. The van der Waals surface area contributed by atoms with E-state index in [0.717, 1.165) is 12.1 Å². The molecule has 2 unspecified atom stereocenters. The molecule has 110 valence electrons. The largest absolute Gasteiger partial charge is 0.314 e. The van der Waals surface area contributed by atoms with E-state index in [2.05, 4.69) is 41.4 Å². The summed E-state index contributed by atoms with van der Waals surface area (Å²) in [6.07, 6.45) is 7.76. The number of rotatable bonds is 2. The number of benzene rings is 1. The van der Waals surface area contributed by atoms with Crippen molar-refractivity contribution in [2.45, 2.75) is 57.5 Å². The second kappa shape index (κ2) is 6.73. The molecule has 1 heterocycles. The van der Waals surface area contributed by atoms with Gasteiger partial charge in [-0.25, -0.2) is 0 Å². The van der Waals surface area contributed by atoms with Gasteiger partial charge in [-0.2, -0.15) is 0 Å². The van der Waals surface area contributed by atoms with Crippen LogP contribution in [0.1, 0.15) is 43.7 Å². The summed E-state index contributed by atoms with van der Waals surface area (Å²) < 4.78 is 0. The average Bonchev–Trinajstić information content (AvgIpc) is 2.47. The predicted octanol–water partition coefficient (Wildman–Crippen LogP) is 3.01. The Morgan fingerprint density at radius 1 is 1.15 bits per heavy atom. The summed E-state index contributed by atoms with van der Waals surface area (Å²) in [5, 5.41) is 3.68. The molecule has 0 aromatic heterocycles. The molecule has 0 radical (unpaired) electrons. The summed E-state index contributed by atoms with van der Waals surface area (Å²) in [5.41, 5.74) is 3.18. The second-order valence-corrected chi connectivity index (χ2v) is 6.40. The third-order valence-corrected chi connectivity index (χ3v) is 5.15. The van der Waals surface area contributed by atoms with Crippen molar-refractivity contribution in [2.75, 3.05) is 19.6 Å². The fraction of sp³-hybridized carbons (Fsp3) is 0.667. The molecule has 20 heavy (non-hydrogen) atoms. The summed E-state index contributed by atoms with van der Waals surface area (Å²) in [7, 11) is 0. The van der Waals surface area contributed by atoms with Gasteiger partial charge in [-0.05, 0) is 69.3 Å². The number of fused-ring (bicyclic) bond motifs is 1. The zero-order valence-corrected chi connectivity index (χ0v) is 12.8. The first kappa shape index (κ1) is 14.1. The minimum atomic E-state index is 0.730. The van der Waals surface area contributed by atoms with Crippen molar-refractivity contribution >= 4 is 0 Å². The van der Waals surface area contributed by atoms with Crippen molar-refractivity contribution in [3.05, 3.63) is 35.4 Å². The van der Waals surface area contributed by atoms with Crippen LogP contribution in [-0.4, -0.2) is 36.6 Å². The lowest BCUT2D eigenvalue weighted by Crippen LogP contribution is -2.45. The third-order valence-electron chi connectivity index (χ3n) is 5.15. The lowest BCUT2D eigenvalue weighted by atomic mass is 9.87. The van der Waals surface area contributed by atoms with Crippen molar-refractivity contribution in [2.24, 2.45) is 0 Å². The van der Waals surface area contributed by atoms with E-state index in [1.165, 1.54) is 58.2 Å². The summed E-state index contributed by atoms with van der Waals surface area (Å²) in [5.74, 6) is 0. The van der Waals surface area contributed by atoms with E-state index in [-0.39, 0.29) is 0 Å². The monoisotopic (exact) mass is 272 g/mol. The highest BCUT2D eigenvalue weighted by atomic mass is 15.2. The van der Waals surface area contributed by atoms with Crippen LogP contribution in [0.5, 0.6) is 0 Å². The van der Waals surface area contributed by atoms with Crippen LogP contribution in [0.4, 0.5) is 0 Å². The Balaban J connectivity index is 1.64. The Labute approximate surface area is 123 Å². The highest BCUT2D eigenvalue weighted by Crippen LogP contribution is 2.25. The molecule has 0 saturated carbocycles. The number of aryl methyl sites for hydroxylation is 1. The molecule has 2 nitrogen and oxygen atoms in total. The third kappa shape index (κ3) is 3.24. The molecule has 2 heteroatoms. The SMILES string of the molecule is CCC1CCN(C2CCc3ccccc3C2)CCCN1. The molecule has 1 N–H and O–H groups in total. The first-order valence-electron chi connectivity index (χ1n) is 8.41. The molecule has 1 aliphatic heterocycles. The normalized spacial score (nSPS) is 28.4.